The summed E-state index contributed by atoms with van der Waals surface area (Å²) in [6.45, 7) is 0.195. The molecule has 2 atom stereocenters. The van der Waals surface area contributed by atoms with Gasteiger partial charge in [-0.3, -0.25) is 4.18 Å². The summed E-state index contributed by atoms with van der Waals surface area (Å²) in [6.07, 6.45) is 4.46. The maximum atomic E-state index is 11.5. The molecule has 1 aliphatic rings. The zero-order valence-electron chi connectivity index (χ0n) is 17.7. The molecule has 2 unspecified atom stereocenters. The lowest BCUT2D eigenvalue weighted by molar-refractivity contribution is 0.253. The molecular formula is C23H25N5O3S. The monoisotopic (exact) mass is 451 g/mol. The van der Waals surface area contributed by atoms with Gasteiger partial charge < -0.3 is 5.32 Å². The first-order valence-electron chi connectivity index (χ1n) is 10.7. The maximum absolute atomic E-state index is 11.5. The van der Waals surface area contributed by atoms with Gasteiger partial charge in [0.25, 0.3) is 0 Å². The Kier molecular flexibility index (Phi) is 5.54. The van der Waals surface area contributed by atoms with Gasteiger partial charge in [-0.1, -0.05) is 36.4 Å². The summed E-state index contributed by atoms with van der Waals surface area (Å²) in [6, 6.07) is 18.7. The first kappa shape index (κ1) is 20.9. The Morgan fingerprint density at radius 3 is 2.78 bits per heavy atom. The molecule has 2 aromatic carbocycles. The van der Waals surface area contributed by atoms with Crippen molar-refractivity contribution in [2.45, 2.75) is 25.3 Å². The molecule has 2 N–H and O–H groups in total. The summed E-state index contributed by atoms with van der Waals surface area (Å²) in [5.41, 5.74) is 2.69. The zero-order chi connectivity index (χ0) is 22.1. The van der Waals surface area contributed by atoms with Crippen LogP contribution in [-0.2, 0) is 14.5 Å². The number of aromatic nitrogens is 3. The first-order chi connectivity index (χ1) is 15.5. The van der Waals surface area contributed by atoms with Crippen LogP contribution in [0.15, 0.2) is 60.8 Å². The average Bonchev–Trinajstić information content (AvgIpc) is 3.45. The van der Waals surface area contributed by atoms with Crippen molar-refractivity contribution in [3.05, 3.63) is 60.8 Å². The molecule has 0 aliphatic heterocycles. The van der Waals surface area contributed by atoms with Crippen LogP contribution in [0, 0.1) is 5.92 Å². The third kappa shape index (κ3) is 4.32. The number of rotatable bonds is 7. The zero-order valence-corrected chi connectivity index (χ0v) is 18.5. The molecule has 9 heteroatoms. The van der Waals surface area contributed by atoms with E-state index in [2.05, 4.69) is 45.4 Å². The number of hydrogen-bond acceptors (Lipinski definition) is 6. The highest BCUT2D eigenvalue weighted by Gasteiger charge is 2.27. The van der Waals surface area contributed by atoms with Crippen molar-refractivity contribution in [1.82, 2.24) is 19.3 Å². The van der Waals surface area contributed by atoms with E-state index in [1.165, 1.54) is 17.8 Å². The SMILES string of the molecule is CNS(=O)(=O)OCC1CCC(Nc2ccnc3cc(-c4ccc5ccccc5c4)nn23)C1. The Hall–Kier alpha value is -3.01. The summed E-state index contributed by atoms with van der Waals surface area (Å²) in [5, 5.41) is 10.7. The first-order valence-corrected chi connectivity index (χ1v) is 12.1. The number of anilines is 1. The van der Waals surface area contributed by atoms with E-state index in [1.54, 1.807) is 6.20 Å². The average molecular weight is 452 g/mol. The van der Waals surface area contributed by atoms with Crippen LogP contribution in [0.2, 0.25) is 0 Å². The summed E-state index contributed by atoms with van der Waals surface area (Å²) in [5.74, 6) is 1.06. The van der Waals surface area contributed by atoms with Crippen LogP contribution in [0.5, 0.6) is 0 Å². The quantitative estimate of drug-likeness (QED) is 0.446. The smallest absolute Gasteiger partial charge is 0.335 e. The van der Waals surface area contributed by atoms with Crippen molar-refractivity contribution in [3.63, 3.8) is 0 Å². The second-order valence-corrected chi connectivity index (χ2v) is 9.71. The molecule has 0 amide bonds. The van der Waals surface area contributed by atoms with Crippen molar-refractivity contribution < 1.29 is 12.6 Å². The highest BCUT2D eigenvalue weighted by molar-refractivity contribution is 7.84. The number of fused-ring (bicyclic) bond motifs is 2. The minimum absolute atomic E-state index is 0.193. The number of benzene rings is 2. The van der Waals surface area contributed by atoms with E-state index in [0.717, 1.165) is 42.0 Å². The molecule has 5 rings (SSSR count). The van der Waals surface area contributed by atoms with Crippen LogP contribution in [0.4, 0.5) is 5.82 Å². The lowest BCUT2D eigenvalue weighted by Gasteiger charge is -2.15. The molecular weight excluding hydrogens is 426 g/mol. The minimum atomic E-state index is -3.64. The highest BCUT2D eigenvalue weighted by atomic mass is 32.2. The minimum Gasteiger partial charge on any atom is -0.367 e. The third-order valence-corrected chi connectivity index (χ3v) is 6.95. The fourth-order valence-electron chi connectivity index (χ4n) is 4.31. The van der Waals surface area contributed by atoms with Crippen LogP contribution in [0.1, 0.15) is 19.3 Å². The van der Waals surface area contributed by atoms with E-state index in [0.29, 0.717) is 0 Å². The molecule has 8 nitrogen and oxygen atoms in total. The number of nitrogens with zero attached hydrogens (tertiary/aromatic N) is 3. The van der Waals surface area contributed by atoms with Gasteiger partial charge in [0.1, 0.15) is 5.82 Å². The van der Waals surface area contributed by atoms with E-state index in [-0.39, 0.29) is 18.6 Å². The molecule has 4 aromatic rings. The Balaban J connectivity index is 1.34. The van der Waals surface area contributed by atoms with Gasteiger partial charge in [-0.15, -0.1) is 0 Å². The Labute approximate surface area is 186 Å². The van der Waals surface area contributed by atoms with Crippen molar-refractivity contribution in [1.29, 1.82) is 0 Å². The molecule has 2 aromatic heterocycles. The summed E-state index contributed by atoms with van der Waals surface area (Å²) >= 11 is 0. The van der Waals surface area contributed by atoms with Crippen LogP contribution in [0.3, 0.4) is 0 Å². The van der Waals surface area contributed by atoms with Gasteiger partial charge in [-0.05, 0) is 48.1 Å². The standard InChI is InChI=1S/C23H25N5O3S/c1-24-32(29,30)31-15-16-6-9-20(12-16)26-22-10-11-25-23-14-21(27-28(22)23)19-8-7-17-4-2-3-5-18(17)13-19/h2-5,7-8,10-11,13-14,16,20,24,26H,6,9,12,15H2,1H3. The van der Waals surface area contributed by atoms with E-state index in [9.17, 15) is 8.42 Å². The van der Waals surface area contributed by atoms with Crippen molar-refractivity contribution in [2.24, 2.45) is 5.92 Å². The predicted octanol–water partition coefficient (Wildman–Crippen LogP) is 3.61. The number of hydrogen-bond donors (Lipinski definition) is 2. The second kappa shape index (κ2) is 8.50. The maximum Gasteiger partial charge on any atom is 0.335 e. The van der Waals surface area contributed by atoms with Gasteiger partial charge in [0.05, 0.1) is 12.3 Å². The molecule has 1 saturated carbocycles. The van der Waals surface area contributed by atoms with E-state index < -0.39 is 10.3 Å². The Bertz CT molecular complexity index is 1370. The Morgan fingerprint density at radius 2 is 1.94 bits per heavy atom. The molecule has 32 heavy (non-hydrogen) atoms. The second-order valence-electron chi connectivity index (χ2n) is 8.15. The van der Waals surface area contributed by atoms with Gasteiger partial charge >= 0.3 is 10.3 Å². The summed E-state index contributed by atoms with van der Waals surface area (Å²) < 4.78 is 32.0. The molecule has 0 bridgehead atoms. The highest BCUT2D eigenvalue weighted by Crippen LogP contribution is 2.30. The molecule has 0 saturated heterocycles. The Morgan fingerprint density at radius 1 is 1.09 bits per heavy atom. The van der Waals surface area contributed by atoms with Crippen LogP contribution < -0.4 is 10.0 Å². The van der Waals surface area contributed by atoms with Crippen molar-refractivity contribution in [2.75, 3.05) is 19.0 Å². The van der Waals surface area contributed by atoms with Gasteiger partial charge in [-0.2, -0.15) is 22.8 Å². The largest absolute Gasteiger partial charge is 0.367 e. The van der Waals surface area contributed by atoms with Gasteiger partial charge in [0, 0.05) is 30.9 Å². The fraction of sp³-hybridized carbons (Fsp3) is 0.304. The third-order valence-electron chi connectivity index (χ3n) is 6.01. The van der Waals surface area contributed by atoms with Gasteiger partial charge in [0.15, 0.2) is 5.65 Å². The van der Waals surface area contributed by atoms with Crippen molar-refractivity contribution in [3.8, 4) is 11.3 Å². The van der Waals surface area contributed by atoms with E-state index in [4.69, 9.17) is 9.28 Å². The molecule has 0 spiro atoms. The fourth-order valence-corrected chi connectivity index (χ4v) is 4.80. The normalized spacial score (nSPS) is 19.0. The topological polar surface area (TPSA) is 97.6 Å². The van der Waals surface area contributed by atoms with Gasteiger partial charge in [0.2, 0.25) is 0 Å². The molecule has 2 heterocycles. The summed E-state index contributed by atoms with van der Waals surface area (Å²) in [4.78, 5) is 4.47. The van der Waals surface area contributed by atoms with Crippen LogP contribution in [0.25, 0.3) is 27.7 Å². The molecule has 0 radical (unpaired) electrons. The number of nitrogens with one attached hydrogen (secondary N) is 2. The lowest BCUT2D eigenvalue weighted by atomic mass is 10.1. The van der Waals surface area contributed by atoms with Gasteiger partial charge in [-0.25, -0.2) is 4.98 Å². The van der Waals surface area contributed by atoms with E-state index >= 15 is 0 Å². The lowest BCUT2D eigenvalue weighted by Crippen LogP contribution is -2.24. The van der Waals surface area contributed by atoms with Crippen LogP contribution in [-0.4, -0.2) is 42.7 Å². The molecule has 1 aliphatic carbocycles. The predicted molar refractivity (Wildman–Crippen MR) is 125 cm³/mol. The van der Waals surface area contributed by atoms with E-state index in [1.807, 2.05) is 28.8 Å². The van der Waals surface area contributed by atoms with Crippen molar-refractivity contribution >= 4 is 32.5 Å². The molecule has 1 fully saturated rings. The van der Waals surface area contributed by atoms with Crippen LogP contribution >= 0.6 is 0 Å². The summed E-state index contributed by atoms with van der Waals surface area (Å²) in [7, 11) is -2.30. The molecule has 166 valence electrons.